The quantitative estimate of drug-likeness (QED) is 0.902. The van der Waals surface area contributed by atoms with Crippen molar-refractivity contribution in [3.63, 3.8) is 0 Å². The molecule has 23 heavy (non-hydrogen) atoms. The number of aliphatic hydroxyl groups is 1. The average molecular weight is 331 g/mol. The zero-order valence-electron chi connectivity index (χ0n) is 13.1. The number of aryl methyl sites for hydroxylation is 2. The molecule has 0 saturated carbocycles. The van der Waals surface area contributed by atoms with Gasteiger partial charge in [0.2, 0.25) is 10.0 Å². The number of rotatable bonds is 4. The summed E-state index contributed by atoms with van der Waals surface area (Å²) in [4.78, 5) is 0.234. The van der Waals surface area contributed by atoms with Crippen molar-refractivity contribution in [2.24, 2.45) is 0 Å². The zero-order chi connectivity index (χ0) is 16.5. The predicted octanol–water partition coefficient (Wildman–Crippen LogP) is 2.19. The van der Waals surface area contributed by atoms with Gasteiger partial charge in [-0.3, -0.25) is 0 Å². The van der Waals surface area contributed by atoms with Crippen LogP contribution in [0.4, 0.5) is 0 Å². The molecule has 2 aromatic carbocycles. The van der Waals surface area contributed by atoms with Crippen LogP contribution in [-0.4, -0.2) is 25.7 Å². The number of nitrogens with one attached hydrogen (secondary N) is 1. The molecule has 0 aliphatic heterocycles. The van der Waals surface area contributed by atoms with Gasteiger partial charge >= 0.3 is 0 Å². The Morgan fingerprint density at radius 1 is 1.13 bits per heavy atom. The fourth-order valence-corrected chi connectivity index (χ4v) is 4.25. The summed E-state index contributed by atoms with van der Waals surface area (Å²) in [5.41, 5.74) is 2.18. The van der Waals surface area contributed by atoms with Crippen LogP contribution in [0.5, 0.6) is 0 Å². The van der Waals surface area contributed by atoms with Gasteiger partial charge in [0.15, 0.2) is 0 Å². The van der Waals surface area contributed by atoms with Crippen molar-refractivity contribution in [1.29, 1.82) is 0 Å². The maximum Gasteiger partial charge on any atom is 0.240 e. The van der Waals surface area contributed by atoms with Gasteiger partial charge in [0.25, 0.3) is 0 Å². The summed E-state index contributed by atoms with van der Waals surface area (Å²) in [5, 5.41) is 10.8. The molecule has 1 aliphatic rings. The van der Waals surface area contributed by atoms with E-state index in [1.807, 2.05) is 31.2 Å². The maximum absolute atomic E-state index is 12.4. The molecule has 0 saturated heterocycles. The molecule has 0 spiro atoms. The highest BCUT2D eigenvalue weighted by atomic mass is 32.2. The van der Waals surface area contributed by atoms with E-state index >= 15 is 0 Å². The highest BCUT2D eigenvalue weighted by Crippen LogP contribution is 2.28. The second kappa shape index (κ2) is 6.07. The molecule has 4 nitrogen and oxygen atoms in total. The van der Waals surface area contributed by atoms with Gasteiger partial charge in [-0.25, -0.2) is 13.1 Å². The minimum Gasteiger partial charge on any atom is -0.388 e. The fraction of sp³-hybridized carbons (Fsp3) is 0.333. The SMILES string of the molecule is Cc1cccc(S(=O)(=O)NCC2(O)CCc3ccccc3C2)c1. The highest BCUT2D eigenvalue weighted by molar-refractivity contribution is 7.89. The van der Waals surface area contributed by atoms with Gasteiger partial charge in [0, 0.05) is 13.0 Å². The van der Waals surface area contributed by atoms with Gasteiger partial charge < -0.3 is 5.11 Å². The first-order chi connectivity index (χ1) is 10.9. The molecule has 0 aromatic heterocycles. The van der Waals surface area contributed by atoms with E-state index in [1.165, 1.54) is 5.56 Å². The molecular weight excluding hydrogens is 310 g/mol. The van der Waals surface area contributed by atoms with Crippen molar-refractivity contribution in [2.45, 2.75) is 36.7 Å². The van der Waals surface area contributed by atoms with Gasteiger partial charge in [0.05, 0.1) is 10.5 Å². The average Bonchev–Trinajstić information content (AvgIpc) is 2.53. The lowest BCUT2D eigenvalue weighted by Crippen LogP contribution is -2.46. The lowest BCUT2D eigenvalue weighted by Gasteiger charge is -2.33. The van der Waals surface area contributed by atoms with Crippen molar-refractivity contribution in [3.05, 3.63) is 65.2 Å². The Bertz CT molecular complexity index is 817. The Morgan fingerprint density at radius 3 is 2.61 bits per heavy atom. The Hall–Kier alpha value is -1.69. The van der Waals surface area contributed by atoms with Crippen LogP contribution >= 0.6 is 0 Å². The molecule has 0 amide bonds. The fourth-order valence-electron chi connectivity index (χ4n) is 3.03. The third-order valence-electron chi connectivity index (χ3n) is 4.39. The van der Waals surface area contributed by atoms with Crippen LogP contribution in [0.2, 0.25) is 0 Å². The van der Waals surface area contributed by atoms with Crippen molar-refractivity contribution in [3.8, 4) is 0 Å². The second-order valence-electron chi connectivity index (χ2n) is 6.31. The van der Waals surface area contributed by atoms with Gasteiger partial charge in [-0.1, -0.05) is 36.4 Å². The molecule has 2 N–H and O–H groups in total. The van der Waals surface area contributed by atoms with Crippen LogP contribution in [0.1, 0.15) is 23.1 Å². The number of hydrogen-bond acceptors (Lipinski definition) is 3. The molecule has 1 unspecified atom stereocenters. The molecule has 0 fully saturated rings. The number of sulfonamides is 1. The summed E-state index contributed by atoms with van der Waals surface area (Å²) in [6.45, 7) is 1.88. The summed E-state index contributed by atoms with van der Waals surface area (Å²) in [6.07, 6.45) is 1.79. The molecule has 122 valence electrons. The molecule has 2 aromatic rings. The van der Waals surface area contributed by atoms with Crippen LogP contribution in [-0.2, 0) is 22.9 Å². The van der Waals surface area contributed by atoms with Gasteiger partial charge in [0.1, 0.15) is 0 Å². The van der Waals surface area contributed by atoms with Crippen LogP contribution in [0, 0.1) is 6.92 Å². The summed E-state index contributed by atoms with van der Waals surface area (Å²) >= 11 is 0. The van der Waals surface area contributed by atoms with E-state index in [2.05, 4.69) is 10.8 Å². The van der Waals surface area contributed by atoms with Crippen molar-refractivity contribution < 1.29 is 13.5 Å². The smallest absolute Gasteiger partial charge is 0.240 e. The van der Waals surface area contributed by atoms with Crippen molar-refractivity contribution >= 4 is 10.0 Å². The predicted molar refractivity (Wildman–Crippen MR) is 89.8 cm³/mol. The van der Waals surface area contributed by atoms with Crippen molar-refractivity contribution in [2.75, 3.05) is 6.54 Å². The molecule has 0 radical (unpaired) electrons. The van der Waals surface area contributed by atoms with Gasteiger partial charge in [-0.2, -0.15) is 0 Å². The molecule has 1 atom stereocenters. The number of fused-ring (bicyclic) bond motifs is 1. The second-order valence-corrected chi connectivity index (χ2v) is 8.08. The first kappa shape index (κ1) is 16.2. The number of hydrogen-bond donors (Lipinski definition) is 2. The van der Waals surface area contributed by atoms with Crippen LogP contribution < -0.4 is 4.72 Å². The third kappa shape index (κ3) is 3.63. The van der Waals surface area contributed by atoms with E-state index in [4.69, 9.17) is 0 Å². The molecular formula is C18H21NO3S. The first-order valence-electron chi connectivity index (χ1n) is 7.74. The molecule has 5 heteroatoms. The standard InChI is InChI=1S/C18H21NO3S/c1-14-5-4-8-17(11-14)23(21,22)19-13-18(20)10-9-15-6-2-3-7-16(15)12-18/h2-8,11,19-20H,9-10,12-13H2,1H3. The Kier molecular flexibility index (Phi) is 4.27. The zero-order valence-corrected chi connectivity index (χ0v) is 13.9. The minimum absolute atomic E-state index is 0.0254. The molecule has 0 bridgehead atoms. The molecule has 1 aliphatic carbocycles. The summed E-state index contributed by atoms with van der Waals surface area (Å²) in [6, 6.07) is 14.8. The van der Waals surface area contributed by atoms with Crippen molar-refractivity contribution in [1.82, 2.24) is 4.72 Å². The lowest BCUT2D eigenvalue weighted by atomic mass is 9.80. The van der Waals surface area contributed by atoms with E-state index in [0.717, 1.165) is 17.5 Å². The third-order valence-corrected chi connectivity index (χ3v) is 5.79. The van der Waals surface area contributed by atoms with Crippen LogP contribution in [0.25, 0.3) is 0 Å². The van der Waals surface area contributed by atoms with Crippen LogP contribution in [0.15, 0.2) is 53.4 Å². The summed E-state index contributed by atoms with van der Waals surface area (Å²) < 4.78 is 27.4. The monoisotopic (exact) mass is 331 g/mol. The van der Waals surface area contributed by atoms with Gasteiger partial charge in [-0.05, 0) is 48.6 Å². The number of benzene rings is 2. The summed E-state index contributed by atoms with van der Waals surface area (Å²) in [7, 11) is -3.61. The first-order valence-corrected chi connectivity index (χ1v) is 9.22. The van der Waals surface area contributed by atoms with E-state index < -0.39 is 15.6 Å². The van der Waals surface area contributed by atoms with E-state index in [1.54, 1.807) is 18.2 Å². The lowest BCUT2D eigenvalue weighted by molar-refractivity contribution is 0.0317. The largest absolute Gasteiger partial charge is 0.388 e. The highest BCUT2D eigenvalue weighted by Gasteiger charge is 2.33. The van der Waals surface area contributed by atoms with Crippen LogP contribution in [0.3, 0.4) is 0 Å². The molecule has 3 rings (SSSR count). The molecule has 0 heterocycles. The van der Waals surface area contributed by atoms with Gasteiger partial charge in [-0.15, -0.1) is 0 Å². The summed E-state index contributed by atoms with van der Waals surface area (Å²) in [5.74, 6) is 0. The Labute approximate surface area is 137 Å². The van der Waals surface area contributed by atoms with E-state index in [9.17, 15) is 13.5 Å². The topological polar surface area (TPSA) is 66.4 Å². The normalized spacial score (nSPS) is 21.0. The maximum atomic E-state index is 12.4. The Morgan fingerprint density at radius 2 is 1.87 bits per heavy atom. The minimum atomic E-state index is -3.61. The van der Waals surface area contributed by atoms with E-state index in [0.29, 0.717) is 12.8 Å². The van der Waals surface area contributed by atoms with E-state index in [-0.39, 0.29) is 11.4 Å². The Balaban J connectivity index is 1.73.